The monoisotopic (exact) mass is 990 g/mol. The summed E-state index contributed by atoms with van der Waals surface area (Å²) in [5.41, 5.74) is -1.08. The molecule has 294 valence electrons. The summed E-state index contributed by atoms with van der Waals surface area (Å²) in [6, 6.07) is 0. The molecule has 49 heavy (non-hydrogen) atoms. The molecule has 0 heterocycles. The van der Waals surface area contributed by atoms with Crippen LogP contribution in [-0.4, -0.2) is 76.2 Å². The third-order valence-corrected chi connectivity index (χ3v) is 9.75. The number of unbranched alkanes of at least 4 members (excludes halogenated alkanes) is 8. The summed E-state index contributed by atoms with van der Waals surface area (Å²) in [6.45, 7) is 19.9. The van der Waals surface area contributed by atoms with E-state index >= 15 is 0 Å². The van der Waals surface area contributed by atoms with E-state index in [2.05, 4.69) is 81.5 Å². The standard InChI is InChI=1S/C20H37BrO3.C13H24BrNO3.C3H7Br.BrH.PS/c1-6-7-8-9-10-11-12-13-14-15-24-18(23)20(5,21)16-19(3,4)17(2)22;1-10(16)12(2,3)9-13(4,14)11(17)18-8-7-15(5)6;1-2-3-4;;1-2/h6-16H2,1-5H3;7-9H2,1-6H3;2-3H2,1H3;1H;/q;;;;-1. The van der Waals surface area contributed by atoms with E-state index in [-0.39, 0.29) is 40.5 Å². The fourth-order valence-electron chi connectivity index (χ4n) is 4.25. The van der Waals surface area contributed by atoms with Crippen molar-refractivity contribution in [1.29, 1.82) is 0 Å². The summed E-state index contributed by atoms with van der Waals surface area (Å²) in [7, 11) is 6.94. The molecule has 0 aromatic rings. The van der Waals surface area contributed by atoms with Crippen LogP contribution in [0.5, 0.6) is 0 Å². The van der Waals surface area contributed by atoms with Crippen LogP contribution < -0.4 is 0 Å². The largest absolute Gasteiger partial charge is 0.645 e. The lowest BCUT2D eigenvalue weighted by Crippen LogP contribution is -2.39. The first-order valence-corrected chi connectivity index (χ1v) is 21.3. The second kappa shape index (κ2) is 33.3. The minimum atomic E-state index is -0.825. The van der Waals surface area contributed by atoms with Crippen LogP contribution in [0.15, 0.2) is 0 Å². The van der Waals surface area contributed by atoms with E-state index < -0.39 is 19.5 Å². The molecule has 0 amide bonds. The highest BCUT2D eigenvalue weighted by atomic mass is 79.9. The lowest BCUT2D eigenvalue weighted by atomic mass is 9.80. The molecule has 0 aliphatic heterocycles. The molecular weight excluding hydrogens is 925 g/mol. The van der Waals surface area contributed by atoms with Crippen LogP contribution in [0.2, 0.25) is 0 Å². The molecule has 0 fully saturated rings. The van der Waals surface area contributed by atoms with Crippen molar-refractivity contribution in [3.63, 3.8) is 0 Å². The van der Waals surface area contributed by atoms with E-state index in [0.717, 1.165) is 18.2 Å². The molecule has 2 unspecified atom stereocenters. The van der Waals surface area contributed by atoms with Gasteiger partial charge in [-0.2, -0.15) is 0 Å². The number of halogens is 4. The van der Waals surface area contributed by atoms with Crippen molar-refractivity contribution in [2.45, 2.75) is 155 Å². The van der Waals surface area contributed by atoms with E-state index in [0.29, 0.717) is 32.6 Å². The number of carbonyl (C=O) groups excluding carboxylic acids is 4. The number of Topliss-reactive ketones (excluding diaryl/α,β-unsaturated/α-hetero) is 2. The third-order valence-electron chi connectivity index (χ3n) is 7.75. The second-order valence-electron chi connectivity index (χ2n) is 14.2. The predicted octanol–water partition coefficient (Wildman–Crippen LogP) is 11.7. The van der Waals surface area contributed by atoms with Crippen LogP contribution in [0.1, 0.15) is 146 Å². The van der Waals surface area contributed by atoms with Crippen molar-refractivity contribution in [3.8, 4) is 0 Å². The molecule has 7 nitrogen and oxygen atoms in total. The molecule has 0 saturated carbocycles. The topological polar surface area (TPSA) is 90.0 Å². The summed E-state index contributed by atoms with van der Waals surface area (Å²) >= 11 is 13.9. The first-order chi connectivity index (χ1) is 22.0. The zero-order chi connectivity index (χ0) is 38.6. The summed E-state index contributed by atoms with van der Waals surface area (Å²) in [5, 5.41) is 1.13. The van der Waals surface area contributed by atoms with Gasteiger partial charge in [-0.05, 0) is 67.5 Å². The van der Waals surface area contributed by atoms with E-state index in [1.54, 1.807) is 27.7 Å². The van der Waals surface area contributed by atoms with Crippen molar-refractivity contribution < 1.29 is 28.7 Å². The first kappa shape index (κ1) is 59.0. The smallest absolute Gasteiger partial charge is 0.322 e. The fourth-order valence-corrected chi connectivity index (χ4v) is 5.88. The number of hydrogen-bond donors (Lipinski definition) is 0. The van der Waals surface area contributed by atoms with Gasteiger partial charge in [0.25, 0.3) is 0 Å². The van der Waals surface area contributed by atoms with Gasteiger partial charge in [-0.3, -0.25) is 19.2 Å². The lowest BCUT2D eigenvalue weighted by Gasteiger charge is -2.30. The number of likely N-dealkylation sites (N-methyl/N-ethyl adjacent to an activating group) is 1. The van der Waals surface area contributed by atoms with Crippen LogP contribution >= 0.6 is 72.8 Å². The van der Waals surface area contributed by atoms with E-state index in [1.807, 2.05) is 46.7 Å². The summed E-state index contributed by atoms with van der Waals surface area (Å²) < 4.78 is 8.97. The van der Waals surface area contributed by atoms with Crippen molar-refractivity contribution >= 4 is 108 Å². The molecule has 0 radical (unpaired) electrons. The zero-order valence-electron chi connectivity index (χ0n) is 32.6. The van der Waals surface area contributed by atoms with Gasteiger partial charge in [0.1, 0.15) is 26.8 Å². The Morgan fingerprint density at radius 1 is 0.633 bits per heavy atom. The number of hydrogen-bond acceptors (Lipinski definition) is 8. The number of nitrogens with zero attached hydrogens (tertiary/aromatic N) is 1. The molecule has 0 saturated heterocycles. The van der Waals surface area contributed by atoms with Crippen molar-refractivity contribution in [2.24, 2.45) is 10.8 Å². The highest BCUT2D eigenvalue weighted by Gasteiger charge is 2.41. The average molecular weight is 995 g/mol. The Morgan fingerprint density at radius 3 is 1.22 bits per heavy atom. The summed E-state index contributed by atoms with van der Waals surface area (Å²) in [6.07, 6.45) is 13.3. The molecule has 0 spiro atoms. The molecule has 0 bridgehead atoms. The van der Waals surface area contributed by atoms with Gasteiger partial charge in [0.15, 0.2) is 0 Å². The lowest BCUT2D eigenvalue weighted by molar-refractivity contribution is -0.148. The Labute approximate surface area is 344 Å². The molecule has 0 N–H and O–H groups in total. The van der Waals surface area contributed by atoms with Crippen LogP contribution in [0.3, 0.4) is 0 Å². The van der Waals surface area contributed by atoms with E-state index in [4.69, 9.17) is 9.47 Å². The Hall–Kier alpha value is 0.680. The molecule has 0 rings (SSSR count). The Balaban J connectivity index is -0.000000228. The summed E-state index contributed by atoms with van der Waals surface area (Å²) in [4.78, 5) is 49.2. The zero-order valence-corrected chi connectivity index (χ0v) is 40.8. The fraction of sp³-hybridized carbons (Fsp3) is 0.889. The maximum Gasteiger partial charge on any atom is 0.322 e. The average Bonchev–Trinajstić information content (AvgIpc) is 2.98. The van der Waals surface area contributed by atoms with Gasteiger partial charge in [-0.1, -0.05) is 141 Å². The number of esters is 2. The van der Waals surface area contributed by atoms with Gasteiger partial charge in [0.2, 0.25) is 0 Å². The van der Waals surface area contributed by atoms with E-state index in [9.17, 15) is 19.2 Å². The molecule has 0 aliphatic carbocycles. The Morgan fingerprint density at radius 2 is 0.939 bits per heavy atom. The Kier molecular flexibility index (Phi) is 40.0. The number of ketones is 2. The third kappa shape index (κ3) is 34.2. The first-order valence-electron chi connectivity index (χ1n) is 17.2. The van der Waals surface area contributed by atoms with Gasteiger partial charge in [-0.15, -0.1) is 17.0 Å². The van der Waals surface area contributed by atoms with Crippen LogP contribution in [0.4, 0.5) is 0 Å². The summed E-state index contributed by atoms with van der Waals surface area (Å²) in [5.74, 6) is -0.441. The number of alkyl halides is 3. The van der Waals surface area contributed by atoms with Crippen LogP contribution in [0, 0.1) is 10.8 Å². The number of rotatable bonds is 22. The van der Waals surface area contributed by atoms with Crippen molar-refractivity contribution in [2.75, 3.05) is 39.2 Å². The van der Waals surface area contributed by atoms with Crippen molar-refractivity contribution in [3.05, 3.63) is 0 Å². The molecule has 13 heteroatoms. The van der Waals surface area contributed by atoms with Crippen LogP contribution in [-0.2, 0) is 40.5 Å². The normalized spacial score (nSPS) is 13.3. The number of ether oxygens (including phenoxy) is 2. The SMILES string of the molecule is Br.CC(=O)C(C)(C)CC(C)(Br)C(=O)OCCN(C)C.CCCBr.CCCCCCCCCCCOC(=O)C(C)(Br)CC(C)(C)C(C)=O.[P-]=S. The molecule has 2 atom stereocenters. The van der Waals surface area contributed by atoms with Gasteiger partial charge in [0, 0.05) is 22.7 Å². The minimum absolute atomic E-state index is 0. The van der Waals surface area contributed by atoms with Gasteiger partial charge < -0.3 is 34.2 Å². The number of carbonyl (C=O) groups is 4. The maximum atomic E-state index is 12.2. The second-order valence-corrected chi connectivity index (χ2v) is 18.5. The molecule has 0 aromatic carbocycles. The minimum Gasteiger partial charge on any atom is -0.645 e. The van der Waals surface area contributed by atoms with Gasteiger partial charge in [-0.25, -0.2) is 0 Å². The van der Waals surface area contributed by atoms with Crippen molar-refractivity contribution in [1.82, 2.24) is 4.90 Å². The predicted molar refractivity (Wildman–Crippen MR) is 229 cm³/mol. The van der Waals surface area contributed by atoms with E-state index in [1.165, 1.54) is 51.4 Å². The molecule has 0 aromatic heterocycles. The molecule has 0 aliphatic rings. The highest BCUT2D eigenvalue weighted by molar-refractivity contribution is 9.10. The quantitative estimate of drug-likeness (QED) is 0.0459. The van der Waals surface area contributed by atoms with Crippen LogP contribution in [0.25, 0.3) is 0 Å². The van der Waals surface area contributed by atoms with Gasteiger partial charge >= 0.3 is 11.9 Å². The Bertz CT molecular complexity index is 888. The molecular formula is C36H69Br4NO6PS-. The highest BCUT2D eigenvalue weighted by Crippen LogP contribution is 2.36. The maximum absolute atomic E-state index is 12.2. The van der Waals surface area contributed by atoms with Gasteiger partial charge in [0.05, 0.1) is 6.61 Å².